The first-order chi connectivity index (χ1) is 19.7. The fourth-order valence-electron chi connectivity index (χ4n) is 7.08. The Hall–Kier alpha value is -5.08. The number of nitrogens with two attached hydrogens (primary N) is 1. The lowest BCUT2D eigenvalue weighted by Crippen LogP contribution is -2.26. The van der Waals surface area contributed by atoms with Gasteiger partial charge in [0.25, 0.3) is 0 Å². The normalized spacial score (nSPS) is 13.4. The van der Waals surface area contributed by atoms with Gasteiger partial charge in [-0.25, -0.2) is 0 Å². The molecule has 0 aliphatic heterocycles. The molecule has 0 unspecified atom stereocenters. The zero-order valence-electron chi connectivity index (χ0n) is 22.3. The van der Waals surface area contributed by atoms with E-state index in [1.807, 2.05) is 6.07 Å². The quantitative estimate of drug-likeness (QED) is 0.239. The van der Waals surface area contributed by atoms with Gasteiger partial charge in [0.1, 0.15) is 0 Å². The maximum Gasteiger partial charge on any atom is 0.0727 e. The van der Waals surface area contributed by atoms with E-state index in [1.54, 1.807) is 0 Å². The minimum absolute atomic E-state index is 0.432. The Bertz CT molecular complexity index is 1890. The number of benzene rings is 6. The standard InChI is InChI=1S/C38H28N2/c1-25-10-9-13-28(22-25)40(27-11-3-2-4-12-27)29-19-21-33-32-20-18-26(39)23-36(32)38(37(33)24-29)34-16-7-5-14-30(34)31-15-6-8-17-35(31)38/h2-24H,39H2,1H3. The number of rotatable bonds is 3. The molecule has 2 nitrogen and oxygen atoms in total. The predicted molar refractivity (Wildman–Crippen MR) is 167 cm³/mol. The second kappa shape index (κ2) is 8.46. The van der Waals surface area contributed by atoms with Crippen molar-refractivity contribution in [3.63, 3.8) is 0 Å². The van der Waals surface area contributed by atoms with Crippen LogP contribution in [0.4, 0.5) is 22.7 Å². The molecule has 6 aromatic carbocycles. The Morgan fingerprint density at radius 3 is 1.70 bits per heavy atom. The number of hydrogen-bond acceptors (Lipinski definition) is 2. The van der Waals surface area contributed by atoms with Gasteiger partial charge in [0.2, 0.25) is 0 Å². The third kappa shape index (κ3) is 3.05. The minimum atomic E-state index is -0.432. The van der Waals surface area contributed by atoms with E-state index < -0.39 is 5.41 Å². The molecule has 0 heterocycles. The molecule has 8 rings (SSSR count). The average molecular weight is 513 g/mol. The molecule has 40 heavy (non-hydrogen) atoms. The molecule has 0 radical (unpaired) electrons. The Kier molecular flexibility index (Phi) is 4.84. The molecular weight excluding hydrogens is 484 g/mol. The van der Waals surface area contributed by atoms with Gasteiger partial charge >= 0.3 is 0 Å². The third-order valence-corrected chi connectivity index (χ3v) is 8.63. The van der Waals surface area contributed by atoms with Crippen LogP contribution >= 0.6 is 0 Å². The predicted octanol–water partition coefficient (Wildman–Crippen LogP) is 9.39. The maximum absolute atomic E-state index is 6.49. The molecular formula is C38H28N2. The summed E-state index contributed by atoms with van der Waals surface area (Å²) in [6.07, 6.45) is 0. The summed E-state index contributed by atoms with van der Waals surface area (Å²) in [6.45, 7) is 2.15. The number of anilines is 4. The summed E-state index contributed by atoms with van der Waals surface area (Å²) in [5.74, 6) is 0. The van der Waals surface area contributed by atoms with Crippen LogP contribution in [0.3, 0.4) is 0 Å². The van der Waals surface area contributed by atoms with E-state index in [9.17, 15) is 0 Å². The molecule has 6 aromatic rings. The lowest BCUT2D eigenvalue weighted by Gasteiger charge is -2.32. The van der Waals surface area contributed by atoms with Gasteiger partial charge in [-0.2, -0.15) is 0 Å². The van der Waals surface area contributed by atoms with Crippen molar-refractivity contribution in [3.8, 4) is 22.3 Å². The lowest BCUT2D eigenvalue weighted by atomic mass is 9.70. The Morgan fingerprint density at radius 1 is 0.450 bits per heavy atom. The van der Waals surface area contributed by atoms with Crippen molar-refractivity contribution in [2.75, 3.05) is 10.6 Å². The van der Waals surface area contributed by atoms with Crippen LogP contribution < -0.4 is 10.6 Å². The average Bonchev–Trinajstić information content (AvgIpc) is 3.45. The molecule has 2 heteroatoms. The highest BCUT2D eigenvalue weighted by Gasteiger charge is 2.51. The smallest absolute Gasteiger partial charge is 0.0727 e. The monoisotopic (exact) mass is 512 g/mol. The summed E-state index contributed by atoms with van der Waals surface area (Å²) < 4.78 is 0. The topological polar surface area (TPSA) is 29.3 Å². The van der Waals surface area contributed by atoms with Gasteiger partial charge in [0, 0.05) is 22.7 Å². The number of aryl methyl sites for hydroxylation is 1. The minimum Gasteiger partial charge on any atom is -0.399 e. The Morgan fingerprint density at radius 2 is 1.00 bits per heavy atom. The van der Waals surface area contributed by atoms with Crippen molar-refractivity contribution in [1.29, 1.82) is 0 Å². The van der Waals surface area contributed by atoms with Crippen LogP contribution in [0.15, 0.2) is 140 Å². The summed E-state index contributed by atoms with van der Waals surface area (Å²) in [5, 5.41) is 0. The molecule has 1 spiro atoms. The Labute approximate surface area is 235 Å². The molecule has 0 saturated heterocycles. The summed E-state index contributed by atoms with van der Waals surface area (Å²) >= 11 is 0. The maximum atomic E-state index is 6.49. The number of para-hydroxylation sites is 1. The van der Waals surface area contributed by atoms with Gasteiger partial charge in [-0.1, -0.05) is 91.0 Å². The first-order valence-electron chi connectivity index (χ1n) is 13.8. The van der Waals surface area contributed by atoms with Crippen LogP contribution in [-0.4, -0.2) is 0 Å². The van der Waals surface area contributed by atoms with Gasteiger partial charge in [-0.05, 0) is 106 Å². The van der Waals surface area contributed by atoms with Crippen LogP contribution in [-0.2, 0) is 5.41 Å². The second-order valence-corrected chi connectivity index (χ2v) is 10.9. The number of nitrogen functional groups attached to an aromatic ring is 1. The van der Waals surface area contributed by atoms with Crippen LogP contribution in [0, 0.1) is 6.92 Å². The fourth-order valence-corrected chi connectivity index (χ4v) is 7.08. The summed E-state index contributed by atoms with van der Waals surface area (Å²) in [5.41, 5.74) is 21.8. The van der Waals surface area contributed by atoms with E-state index in [0.717, 1.165) is 22.7 Å². The van der Waals surface area contributed by atoms with Crippen LogP contribution in [0.25, 0.3) is 22.3 Å². The van der Waals surface area contributed by atoms with Gasteiger partial charge in [0.05, 0.1) is 5.41 Å². The highest BCUT2D eigenvalue weighted by molar-refractivity contribution is 5.96. The Balaban J connectivity index is 1.46. The molecule has 190 valence electrons. The van der Waals surface area contributed by atoms with Crippen LogP contribution in [0.2, 0.25) is 0 Å². The molecule has 0 amide bonds. The van der Waals surface area contributed by atoms with Gasteiger partial charge < -0.3 is 10.6 Å². The first-order valence-corrected chi connectivity index (χ1v) is 13.8. The van der Waals surface area contributed by atoms with Gasteiger partial charge in [0.15, 0.2) is 0 Å². The van der Waals surface area contributed by atoms with E-state index in [4.69, 9.17) is 5.73 Å². The van der Waals surface area contributed by atoms with Crippen LogP contribution in [0.5, 0.6) is 0 Å². The number of hydrogen-bond donors (Lipinski definition) is 1. The zero-order valence-corrected chi connectivity index (χ0v) is 22.3. The van der Waals surface area contributed by atoms with Crippen molar-refractivity contribution in [2.24, 2.45) is 0 Å². The van der Waals surface area contributed by atoms with E-state index in [-0.39, 0.29) is 0 Å². The molecule has 0 aromatic heterocycles. The highest BCUT2D eigenvalue weighted by atomic mass is 15.1. The molecule has 0 fully saturated rings. The second-order valence-electron chi connectivity index (χ2n) is 10.9. The molecule has 2 aliphatic carbocycles. The first kappa shape index (κ1) is 22.9. The molecule has 0 atom stereocenters. The SMILES string of the molecule is Cc1cccc(N(c2ccccc2)c2ccc3c(c2)C2(c4ccccc4-c4ccccc42)c2cc(N)ccc2-3)c1. The van der Waals surface area contributed by atoms with Crippen molar-refractivity contribution < 1.29 is 0 Å². The van der Waals surface area contributed by atoms with Crippen molar-refractivity contribution in [2.45, 2.75) is 12.3 Å². The summed E-state index contributed by atoms with van der Waals surface area (Å²) in [7, 11) is 0. The van der Waals surface area contributed by atoms with Crippen LogP contribution in [0.1, 0.15) is 27.8 Å². The zero-order chi connectivity index (χ0) is 26.8. The summed E-state index contributed by atoms with van der Waals surface area (Å²) in [4.78, 5) is 2.37. The van der Waals surface area contributed by atoms with Crippen molar-refractivity contribution in [1.82, 2.24) is 0 Å². The van der Waals surface area contributed by atoms with Gasteiger partial charge in [-0.15, -0.1) is 0 Å². The van der Waals surface area contributed by atoms with E-state index in [2.05, 4.69) is 145 Å². The van der Waals surface area contributed by atoms with Crippen molar-refractivity contribution in [3.05, 3.63) is 167 Å². The third-order valence-electron chi connectivity index (χ3n) is 8.63. The molecule has 2 aliphatic rings. The number of fused-ring (bicyclic) bond motifs is 10. The molecule has 0 bridgehead atoms. The molecule has 2 N–H and O–H groups in total. The largest absolute Gasteiger partial charge is 0.399 e. The van der Waals surface area contributed by atoms with E-state index in [1.165, 1.54) is 50.1 Å². The van der Waals surface area contributed by atoms with Crippen molar-refractivity contribution >= 4 is 22.7 Å². The highest BCUT2D eigenvalue weighted by Crippen LogP contribution is 2.63. The van der Waals surface area contributed by atoms with E-state index in [0.29, 0.717) is 0 Å². The van der Waals surface area contributed by atoms with Gasteiger partial charge in [-0.3, -0.25) is 0 Å². The number of nitrogens with zero attached hydrogens (tertiary/aromatic N) is 1. The van der Waals surface area contributed by atoms with E-state index >= 15 is 0 Å². The molecule has 0 saturated carbocycles. The summed E-state index contributed by atoms with van der Waals surface area (Å²) in [6, 6.07) is 50.6. The lowest BCUT2D eigenvalue weighted by molar-refractivity contribution is 0.794. The fraction of sp³-hybridized carbons (Fsp3) is 0.0526.